The fourth-order valence-corrected chi connectivity index (χ4v) is 3.06. The highest BCUT2D eigenvalue weighted by Gasteiger charge is 2.13. The van der Waals surface area contributed by atoms with Crippen LogP contribution >= 0.6 is 24.0 Å². The Labute approximate surface area is 187 Å². The van der Waals surface area contributed by atoms with Gasteiger partial charge < -0.3 is 25.5 Å². The molecule has 1 saturated heterocycles. The van der Waals surface area contributed by atoms with Gasteiger partial charge in [0.15, 0.2) is 11.7 Å². The van der Waals surface area contributed by atoms with Gasteiger partial charge in [-0.2, -0.15) is 0 Å². The van der Waals surface area contributed by atoms with Crippen molar-refractivity contribution in [3.63, 3.8) is 0 Å². The summed E-state index contributed by atoms with van der Waals surface area (Å²) in [5, 5.41) is 6.50. The summed E-state index contributed by atoms with van der Waals surface area (Å²) >= 11 is 0. The first-order chi connectivity index (χ1) is 13.7. The number of nitrogens with zero attached hydrogens (tertiary/aromatic N) is 2. The Morgan fingerprint density at radius 2 is 1.79 bits per heavy atom. The third-order valence-corrected chi connectivity index (χ3v) is 4.62. The Bertz CT molecular complexity index is 818. The van der Waals surface area contributed by atoms with Gasteiger partial charge in [0, 0.05) is 33.2 Å². The number of aliphatic imine (C=N–C) groups is 1. The van der Waals surface area contributed by atoms with Crippen LogP contribution < -0.4 is 16.4 Å². The molecule has 9 heteroatoms. The number of primary amides is 1. The summed E-state index contributed by atoms with van der Waals surface area (Å²) in [6.07, 6.45) is 0. The molecule has 0 aliphatic carbocycles. The van der Waals surface area contributed by atoms with Gasteiger partial charge in [-0.25, -0.2) is 0 Å². The number of ether oxygens (including phenoxy) is 1. The Morgan fingerprint density at radius 3 is 2.45 bits per heavy atom. The topological polar surface area (TPSA) is 105 Å². The maximum atomic E-state index is 11.1. The lowest BCUT2D eigenvalue weighted by Gasteiger charge is -2.27. The number of carbonyl (C=O) groups excluding carboxylic acids is 1. The summed E-state index contributed by atoms with van der Waals surface area (Å²) in [6, 6.07) is 11.7. The average molecular weight is 513 g/mol. The lowest BCUT2D eigenvalue weighted by atomic mass is 10.1. The summed E-state index contributed by atoms with van der Waals surface area (Å²) in [5.41, 5.74) is 7.73. The van der Waals surface area contributed by atoms with E-state index in [0.717, 1.165) is 32.8 Å². The smallest absolute Gasteiger partial charge is 0.284 e. The minimum atomic E-state index is -0.578. The van der Waals surface area contributed by atoms with E-state index in [-0.39, 0.29) is 29.7 Å². The largest absolute Gasteiger partial charge is 0.454 e. The van der Waals surface area contributed by atoms with E-state index in [1.54, 1.807) is 19.2 Å². The summed E-state index contributed by atoms with van der Waals surface area (Å²) in [4.78, 5) is 17.7. The fourth-order valence-electron chi connectivity index (χ4n) is 3.06. The Morgan fingerprint density at radius 1 is 1.10 bits per heavy atom. The van der Waals surface area contributed by atoms with Crippen LogP contribution in [0.4, 0.5) is 0 Å². The van der Waals surface area contributed by atoms with Crippen LogP contribution in [0.1, 0.15) is 27.4 Å². The highest BCUT2D eigenvalue weighted by molar-refractivity contribution is 14.0. The Balaban J connectivity index is 0.00000300. The molecule has 0 unspecified atom stereocenters. The van der Waals surface area contributed by atoms with Gasteiger partial charge >= 0.3 is 0 Å². The molecular weight excluding hydrogens is 485 g/mol. The van der Waals surface area contributed by atoms with Crippen molar-refractivity contribution in [3.05, 3.63) is 59.0 Å². The second-order valence-corrected chi connectivity index (χ2v) is 6.57. The lowest BCUT2D eigenvalue weighted by molar-refractivity contribution is 0.0341. The van der Waals surface area contributed by atoms with Crippen LogP contribution in [-0.4, -0.2) is 50.1 Å². The molecule has 1 fully saturated rings. The highest BCUT2D eigenvalue weighted by atomic mass is 127. The zero-order chi connectivity index (χ0) is 19.8. The predicted octanol–water partition coefficient (Wildman–Crippen LogP) is 1.69. The second-order valence-electron chi connectivity index (χ2n) is 6.57. The molecule has 8 nitrogen and oxygen atoms in total. The van der Waals surface area contributed by atoms with Crippen molar-refractivity contribution >= 4 is 35.8 Å². The monoisotopic (exact) mass is 513 g/mol. The van der Waals surface area contributed by atoms with Gasteiger partial charge in [0.2, 0.25) is 0 Å². The van der Waals surface area contributed by atoms with Crippen LogP contribution in [0, 0.1) is 0 Å². The molecule has 1 amide bonds. The van der Waals surface area contributed by atoms with Crippen LogP contribution in [0.3, 0.4) is 0 Å². The number of hydrogen-bond donors (Lipinski definition) is 3. The van der Waals surface area contributed by atoms with Gasteiger partial charge in [0.1, 0.15) is 5.76 Å². The fraction of sp³-hybridized carbons (Fsp3) is 0.400. The van der Waals surface area contributed by atoms with E-state index in [9.17, 15) is 4.79 Å². The standard InChI is InChI=1S/C20H27N5O3.HI/c1-22-20(24-13-17-6-7-18(28-17)19(21)26)23-12-15-4-2-3-5-16(15)14-25-8-10-27-11-9-25;/h2-7H,8-14H2,1H3,(H2,21,26)(H2,22,23,24);1H. The first-order valence-electron chi connectivity index (χ1n) is 9.35. The van der Waals surface area contributed by atoms with Crippen LogP contribution in [0.25, 0.3) is 0 Å². The van der Waals surface area contributed by atoms with E-state index in [0.29, 0.717) is 24.8 Å². The maximum absolute atomic E-state index is 11.1. The van der Waals surface area contributed by atoms with Gasteiger partial charge in [-0.3, -0.25) is 14.7 Å². The van der Waals surface area contributed by atoms with Gasteiger partial charge in [-0.05, 0) is 23.3 Å². The van der Waals surface area contributed by atoms with Crippen molar-refractivity contribution < 1.29 is 13.9 Å². The summed E-state index contributed by atoms with van der Waals surface area (Å²) in [5.74, 6) is 0.838. The number of halogens is 1. The van der Waals surface area contributed by atoms with E-state index >= 15 is 0 Å². The Kier molecular flexibility index (Phi) is 9.42. The molecule has 0 bridgehead atoms. The van der Waals surface area contributed by atoms with Crippen LogP contribution in [0.5, 0.6) is 0 Å². The molecule has 0 saturated carbocycles. The molecule has 2 aromatic rings. The van der Waals surface area contributed by atoms with E-state index in [4.69, 9.17) is 14.9 Å². The maximum Gasteiger partial charge on any atom is 0.284 e. The van der Waals surface area contributed by atoms with E-state index in [2.05, 4.69) is 38.7 Å². The highest BCUT2D eigenvalue weighted by Crippen LogP contribution is 2.13. The number of furan rings is 1. The average Bonchev–Trinajstić information content (AvgIpc) is 3.19. The minimum absolute atomic E-state index is 0. The number of rotatable bonds is 7. The molecule has 1 aliphatic heterocycles. The number of amides is 1. The van der Waals surface area contributed by atoms with E-state index in [1.165, 1.54) is 11.1 Å². The molecular formula is C20H28IN5O3. The van der Waals surface area contributed by atoms with E-state index in [1.807, 2.05) is 6.07 Å². The Hall–Kier alpha value is -2.11. The zero-order valence-electron chi connectivity index (χ0n) is 16.5. The normalized spacial score (nSPS) is 14.9. The van der Waals surface area contributed by atoms with Crippen molar-refractivity contribution in [2.24, 2.45) is 10.7 Å². The van der Waals surface area contributed by atoms with Crippen molar-refractivity contribution in [1.82, 2.24) is 15.5 Å². The third-order valence-electron chi connectivity index (χ3n) is 4.62. The molecule has 0 spiro atoms. The number of guanidine groups is 1. The summed E-state index contributed by atoms with van der Waals surface area (Å²) in [7, 11) is 1.71. The van der Waals surface area contributed by atoms with E-state index < -0.39 is 5.91 Å². The van der Waals surface area contributed by atoms with Gasteiger partial charge in [0.05, 0.1) is 19.8 Å². The van der Waals surface area contributed by atoms with Crippen molar-refractivity contribution in [1.29, 1.82) is 0 Å². The predicted molar refractivity (Wildman–Crippen MR) is 122 cm³/mol. The van der Waals surface area contributed by atoms with Gasteiger partial charge in [0.25, 0.3) is 5.91 Å². The van der Waals surface area contributed by atoms with Crippen molar-refractivity contribution in [2.45, 2.75) is 19.6 Å². The van der Waals surface area contributed by atoms with Crippen molar-refractivity contribution in [2.75, 3.05) is 33.4 Å². The van der Waals surface area contributed by atoms with Crippen LogP contribution in [-0.2, 0) is 24.4 Å². The van der Waals surface area contributed by atoms with Crippen molar-refractivity contribution in [3.8, 4) is 0 Å². The molecule has 0 radical (unpaired) electrons. The molecule has 1 aliphatic rings. The molecule has 0 atom stereocenters. The zero-order valence-corrected chi connectivity index (χ0v) is 18.8. The molecule has 2 heterocycles. The molecule has 158 valence electrons. The van der Waals surface area contributed by atoms with Gasteiger partial charge in [-0.1, -0.05) is 24.3 Å². The van der Waals surface area contributed by atoms with Crippen LogP contribution in [0.2, 0.25) is 0 Å². The number of hydrogen-bond acceptors (Lipinski definition) is 5. The second kappa shape index (κ2) is 11.8. The number of benzene rings is 1. The SMILES string of the molecule is CN=C(NCc1ccc(C(N)=O)o1)NCc1ccccc1CN1CCOCC1.I. The lowest BCUT2D eigenvalue weighted by Crippen LogP contribution is -2.37. The molecule has 1 aromatic carbocycles. The number of nitrogens with one attached hydrogen (secondary N) is 2. The number of nitrogens with two attached hydrogens (primary N) is 1. The van der Waals surface area contributed by atoms with Gasteiger partial charge in [-0.15, -0.1) is 24.0 Å². The third kappa shape index (κ3) is 7.02. The molecule has 29 heavy (non-hydrogen) atoms. The summed E-state index contributed by atoms with van der Waals surface area (Å²) in [6.45, 7) is 5.48. The summed E-state index contributed by atoms with van der Waals surface area (Å²) < 4.78 is 10.8. The first kappa shape index (κ1) is 23.2. The number of morpholine rings is 1. The number of carbonyl (C=O) groups is 1. The molecule has 3 rings (SSSR count). The quantitative estimate of drug-likeness (QED) is 0.296. The molecule has 4 N–H and O–H groups in total. The molecule has 1 aromatic heterocycles. The first-order valence-corrected chi connectivity index (χ1v) is 9.35. The van der Waals surface area contributed by atoms with Crippen LogP contribution in [0.15, 0.2) is 45.8 Å². The minimum Gasteiger partial charge on any atom is -0.454 e.